The van der Waals surface area contributed by atoms with Gasteiger partial charge >= 0.3 is 0 Å². The highest BCUT2D eigenvalue weighted by Gasteiger charge is 2.53. The third kappa shape index (κ3) is 3.84. The van der Waals surface area contributed by atoms with Crippen molar-refractivity contribution >= 4 is 64.3 Å². The van der Waals surface area contributed by atoms with E-state index in [0.29, 0.717) is 0 Å². The monoisotopic (exact) mass is 339 g/mol. The van der Waals surface area contributed by atoms with Crippen molar-refractivity contribution in [3.05, 3.63) is 0 Å². The number of nitrogens with one attached hydrogen (secondary N) is 1. The first kappa shape index (κ1) is 15.8. The van der Waals surface area contributed by atoms with E-state index in [1.165, 1.54) is 11.2 Å². The summed E-state index contributed by atoms with van der Waals surface area (Å²) < 4.78 is -3.52. The fourth-order valence-electron chi connectivity index (χ4n) is 1.46. The van der Waals surface area contributed by atoms with Crippen LogP contribution in [0.1, 0.15) is 27.2 Å². The molecule has 100 valence electrons. The van der Waals surface area contributed by atoms with Crippen molar-refractivity contribution in [3.8, 4) is 0 Å². The number of hydrogen-bond donors (Lipinski definition) is 1. The van der Waals surface area contributed by atoms with Gasteiger partial charge in [-0.3, -0.25) is 5.43 Å². The lowest BCUT2D eigenvalue weighted by Crippen LogP contribution is -2.54. The first-order chi connectivity index (χ1) is 7.45. The topological polar surface area (TPSA) is 27.6 Å². The molecule has 1 aliphatic rings. The minimum absolute atomic E-state index is 0.0566. The summed E-state index contributed by atoms with van der Waals surface area (Å²) in [6, 6.07) is 0. The lowest BCUT2D eigenvalue weighted by molar-refractivity contribution is 0.191. The molecule has 0 aliphatic carbocycles. The quantitative estimate of drug-likeness (QED) is 0.605. The van der Waals surface area contributed by atoms with Crippen LogP contribution < -0.4 is 5.43 Å². The Bertz CT molecular complexity index is 305. The van der Waals surface area contributed by atoms with Crippen molar-refractivity contribution < 1.29 is 0 Å². The van der Waals surface area contributed by atoms with Gasteiger partial charge < -0.3 is 4.90 Å². The number of rotatable bonds is 2. The number of halogens is 5. The van der Waals surface area contributed by atoms with Crippen LogP contribution in [0.25, 0.3) is 0 Å². The van der Waals surface area contributed by atoms with Crippen molar-refractivity contribution in [3.63, 3.8) is 0 Å². The molecule has 0 fully saturated rings. The zero-order valence-corrected chi connectivity index (χ0v) is 13.4. The molecule has 0 aromatic heterocycles. The van der Waals surface area contributed by atoms with E-state index in [-0.39, 0.29) is 11.6 Å². The van der Waals surface area contributed by atoms with Gasteiger partial charge in [-0.15, -0.1) is 0 Å². The molecular formula is C9H14Cl5N3. The Kier molecular flexibility index (Phi) is 4.65. The van der Waals surface area contributed by atoms with Gasteiger partial charge in [0, 0.05) is 0 Å². The van der Waals surface area contributed by atoms with E-state index < -0.39 is 8.25 Å². The summed E-state index contributed by atoms with van der Waals surface area (Å²) in [6.07, 6.45) is 1.98. The Morgan fingerprint density at radius 3 is 2.12 bits per heavy atom. The van der Waals surface area contributed by atoms with Crippen molar-refractivity contribution in [1.29, 1.82) is 0 Å². The normalized spacial score (nSPS) is 21.9. The van der Waals surface area contributed by atoms with Crippen LogP contribution in [0.5, 0.6) is 0 Å². The average molecular weight is 341 g/mol. The van der Waals surface area contributed by atoms with Gasteiger partial charge in [-0.1, -0.05) is 78.8 Å². The summed E-state index contributed by atoms with van der Waals surface area (Å²) in [5, 5.41) is 3.92. The molecule has 0 amide bonds. The summed E-state index contributed by atoms with van der Waals surface area (Å²) in [4.78, 5) is 1.51. The number of alkyl halides is 5. The minimum Gasteiger partial charge on any atom is -0.304 e. The minimum atomic E-state index is -1.84. The smallest absolute Gasteiger partial charge is 0.241 e. The molecule has 0 bridgehead atoms. The van der Waals surface area contributed by atoms with Gasteiger partial charge in [0.25, 0.3) is 0 Å². The number of hydrazone groups is 1. The van der Waals surface area contributed by atoms with Gasteiger partial charge in [-0.25, -0.2) is 0 Å². The summed E-state index contributed by atoms with van der Waals surface area (Å²) in [5.74, 6) is 0. The second-order valence-electron chi connectivity index (χ2n) is 5.10. The second kappa shape index (κ2) is 5.01. The van der Waals surface area contributed by atoms with Crippen molar-refractivity contribution in [2.75, 3.05) is 0 Å². The molecule has 1 N–H and O–H groups in total. The molecule has 1 heterocycles. The first-order valence-corrected chi connectivity index (χ1v) is 6.86. The Balaban J connectivity index is 2.86. The lowest BCUT2D eigenvalue weighted by Gasteiger charge is -2.40. The fraction of sp³-hybridized carbons (Fsp3) is 0.889. The number of nitrogens with zero attached hydrogens (tertiary/aromatic N) is 2. The van der Waals surface area contributed by atoms with Crippen LogP contribution in [0.2, 0.25) is 0 Å². The highest BCUT2D eigenvalue weighted by Crippen LogP contribution is 2.49. The molecule has 17 heavy (non-hydrogen) atoms. The second-order valence-corrected chi connectivity index (χ2v) is 8.67. The Morgan fingerprint density at radius 2 is 1.71 bits per heavy atom. The van der Waals surface area contributed by atoms with Gasteiger partial charge in [0.05, 0.1) is 0 Å². The summed E-state index contributed by atoms with van der Waals surface area (Å²) in [7, 11) is 0. The molecule has 0 aromatic rings. The fourth-order valence-corrected chi connectivity index (χ4v) is 2.08. The molecular weight excluding hydrogens is 327 g/mol. The Labute approximate surface area is 126 Å². The van der Waals surface area contributed by atoms with Crippen LogP contribution in [-0.2, 0) is 0 Å². The van der Waals surface area contributed by atoms with E-state index in [4.69, 9.17) is 58.0 Å². The standard InChI is InChI=1S/C9H14Cl5N3/c1-7(2,3)4-6-16-15-5-17(6)9(13,14)8(10,11)12/h5-6,16H,4H2,1-3H3. The highest BCUT2D eigenvalue weighted by atomic mass is 35.6. The largest absolute Gasteiger partial charge is 0.304 e. The van der Waals surface area contributed by atoms with Crippen LogP contribution in [0.4, 0.5) is 0 Å². The molecule has 8 heteroatoms. The zero-order chi connectivity index (χ0) is 13.5. The summed E-state index contributed by atoms with van der Waals surface area (Å²) in [6.45, 7) is 6.26. The van der Waals surface area contributed by atoms with Crippen LogP contribution in [0.15, 0.2) is 5.10 Å². The van der Waals surface area contributed by atoms with E-state index in [9.17, 15) is 0 Å². The van der Waals surface area contributed by atoms with Crippen LogP contribution in [-0.4, -0.2) is 25.7 Å². The van der Waals surface area contributed by atoms with Crippen LogP contribution in [0.3, 0.4) is 0 Å². The Morgan fingerprint density at radius 1 is 1.18 bits per heavy atom. The lowest BCUT2D eigenvalue weighted by atomic mass is 9.90. The van der Waals surface area contributed by atoms with E-state index in [1.807, 2.05) is 0 Å². The van der Waals surface area contributed by atoms with E-state index in [1.54, 1.807) is 0 Å². The third-order valence-corrected chi connectivity index (χ3v) is 4.57. The first-order valence-electron chi connectivity index (χ1n) is 4.97. The van der Waals surface area contributed by atoms with Crippen LogP contribution >= 0.6 is 58.0 Å². The SMILES string of the molecule is CC(C)(C)CC1NN=CN1C(Cl)(Cl)C(Cl)(Cl)Cl. The number of hydrogen-bond acceptors (Lipinski definition) is 3. The van der Waals surface area contributed by atoms with Crippen molar-refractivity contribution in [1.82, 2.24) is 10.3 Å². The predicted octanol–water partition coefficient (Wildman–Crippen LogP) is 4.10. The van der Waals surface area contributed by atoms with E-state index in [2.05, 4.69) is 31.3 Å². The molecule has 1 unspecified atom stereocenters. The van der Waals surface area contributed by atoms with Gasteiger partial charge in [0.1, 0.15) is 12.5 Å². The molecule has 1 aliphatic heterocycles. The van der Waals surface area contributed by atoms with Gasteiger partial charge in [0.15, 0.2) is 0 Å². The molecule has 0 radical (unpaired) electrons. The molecule has 0 spiro atoms. The van der Waals surface area contributed by atoms with Crippen LogP contribution in [0, 0.1) is 5.41 Å². The maximum atomic E-state index is 6.11. The molecule has 1 rings (SSSR count). The zero-order valence-electron chi connectivity index (χ0n) is 9.65. The van der Waals surface area contributed by atoms with E-state index in [0.717, 1.165) is 6.42 Å². The Hall–Kier alpha value is 0.720. The molecule has 1 atom stereocenters. The molecule has 0 saturated carbocycles. The van der Waals surface area contributed by atoms with Crippen molar-refractivity contribution in [2.24, 2.45) is 10.5 Å². The van der Waals surface area contributed by atoms with E-state index >= 15 is 0 Å². The van der Waals surface area contributed by atoms with Gasteiger partial charge in [-0.05, 0) is 11.8 Å². The average Bonchev–Trinajstić information content (AvgIpc) is 2.46. The predicted molar refractivity (Wildman–Crippen MR) is 76.1 cm³/mol. The maximum Gasteiger partial charge on any atom is 0.241 e. The van der Waals surface area contributed by atoms with Gasteiger partial charge in [0.2, 0.25) is 8.25 Å². The molecule has 3 nitrogen and oxygen atoms in total. The third-order valence-electron chi connectivity index (χ3n) is 2.21. The van der Waals surface area contributed by atoms with Gasteiger partial charge in [-0.2, -0.15) is 5.10 Å². The summed E-state index contributed by atoms with van der Waals surface area (Å²) in [5.41, 5.74) is 2.95. The molecule has 0 saturated heterocycles. The maximum absolute atomic E-state index is 6.11. The molecule has 0 aromatic carbocycles. The van der Waals surface area contributed by atoms with Crippen molar-refractivity contribution in [2.45, 2.75) is 41.6 Å². The highest BCUT2D eigenvalue weighted by molar-refractivity contribution is 6.75. The summed E-state index contributed by atoms with van der Waals surface area (Å²) >= 11 is 29.5.